The fourth-order valence-electron chi connectivity index (χ4n) is 1.71. The Kier molecular flexibility index (Phi) is 6.82. The van der Waals surface area contributed by atoms with E-state index in [-0.39, 0.29) is 24.5 Å². The molecule has 0 radical (unpaired) electrons. The first-order valence-electron chi connectivity index (χ1n) is 6.69. The molecule has 0 aliphatic heterocycles. The number of carbonyl (C=O) groups is 1. The van der Waals surface area contributed by atoms with Crippen LogP contribution in [-0.4, -0.2) is 30.8 Å². The maximum Gasteiger partial charge on any atom is 0.257 e. The molecule has 0 saturated carbocycles. The third kappa shape index (κ3) is 6.78. The van der Waals surface area contributed by atoms with Gasteiger partial charge in [0.05, 0.1) is 0 Å². The minimum absolute atomic E-state index is 0.0162. The zero-order chi connectivity index (χ0) is 15.0. The quantitative estimate of drug-likeness (QED) is 0.776. The summed E-state index contributed by atoms with van der Waals surface area (Å²) < 4.78 is 5.36. The molecule has 0 saturated heterocycles. The summed E-state index contributed by atoms with van der Waals surface area (Å²) in [4.78, 5) is 11.7. The van der Waals surface area contributed by atoms with Crippen molar-refractivity contribution in [3.63, 3.8) is 0 Å². The van der Waals surface area contributed by atoms with Gasteiger partial charge < -0.3 is 15.2 Å². The van der Waals surface area contributed by atoms with E-state index in [0.717, 1.165) is 12.8 Å². The molecule has 1 rings (SSSR count). The topological polar surface area (TPSA) is 58.6 Å². The number of carbonyl (C=O) groups excluding carboxylic acids is 1. The first-order chi connectivity index (χ1) is 9.43. The molecule has 1 amide bonds. The zero-order valence-electron chi connectivity index (χ0n) is 12.0. The number of aliphatic hydroxyl groups is 1. The average Bonchev–Trinajstić information content (AvgIpc) is 2.42. The SMILES string of the molecule is CC(C)(CCCO)CNC(=O)COc1ccc(Cl)cc1. The molecule has 0 spiro atoms. The second kappa shape index (κ2) is 8.12. The molecule has 0 bridgehead atoms. The number of ether oxygens (including phenoxy) is 1. The molecule has 0 atom stereocenters. The highest BCUT2D eigenvalue weighted by Crippen LogP contribution is 2.20. The molecule has 0 heterocycles. The summed E-state index contributed by atoms with van der Waals surface area (Å²) in [6, 6.07) is 6.88. The Morgan fingerprint density at radius 2 is 2.00 bits per heavy atom. The molecule has 0 aliphatic carbocycles. The van der Waals surface area contributed by atoms with Crippen molar-refractivity contribution in [3.05, 3.63) is 29.3 Å². The second-order valence-electron chi connectivity index (χ2n) is 5.51. The smallest absolute Gasteiger partial charge is 0.257 e. The summed E-state index contributed by atoms with van der Waals surface area (Å²) in [5.41, 5.74) is -0.0291. The number of rotatable bonds is 8. The van der Waals surface area contributed by atoms with Crippen LogP contribution in [-0.2, 0) is 4.79 Å². The van der Waals surface area contributed by atoms with Gasteiger partial charge >= 0.3 is 0 Å². The van der Waals surface area contributed by atoms with Crippen molar-refractivity contribution in [1.29, 1.82) is 0 Å². The number of nitrogens with one attached hydrogen (secondary N) is 1. The van der Waals surface area contributed by atoms with Gasteiger partial charge in [-0.15, -0.1) is 0 Å². The minimum Gasteiger partial charge on any atom is -0.484 e. The Morgan fingerprint density at radius 1 is 1.35 bits per heavy atom. The third-order valence-electron chi connectivity index (χ3n) is 2.96. The summed E-state index contributed by atoms with van der Waals surface area (Å²) in [7, 11) is 0. The van der Waals surface area contributed by atoms with Gasteiger partial charge in [-0.1, -0.05) is 25.4 Å². The molecule has 1 aromatic rings. The molecule has 4 nitrogen and oxygen atoms in total. The van der Waals surface area contributed by atoms with Crippen molar-refractivity contribution in [1.82, 2.24) is 5.32 Å². The first-order valence-corrected chi connectivity index (χ1v) is 7.07. The maximum atomic E-state index is 11.7. The van der Waals surface area contributed by atoms with Crippen LogP contribution in [0.4, 0.5) is 0 Å². The summed E-state index contributed by atoms with van der Waals surface area (Å²) in [6.07, 6.45) is 1.60. The summed E-state index contributed by atoms with van der Waals surface area (Å²) in [5, 5.41) is 12.3. The third-order valence-corrected chi connectivity index (χ3v) is 3.21. The molecule has 0 fully saturated rings. The molecular formula is C15H22ClNO3. The van der Waals surface area contributed by atoms with E-state index in [1.165, 1.54) is 0 Å². The van der Waals surface area contributed by atoms with Gasteiger partial charge in [-0.05, 0) is 42.5 Å². The number of halogens is 1. The Balaban J connectivity index is 2.28. The fourth-order valence-corrected chi connectivity index (χ4v) is 1.84. The Bertz CT molecular complexity index is 418. The van der Waals surface area contributed by atoms with Gasteiger partial charge in [0.15, 0.2) is 6.61 Å². The summed E-state index contributed by atoms with van der Waals surface area (Å²) in [5.74, 6) is 0.459. The summed E-state index contributed by atoms with van der Waals surface area (Å²) >= 11 is 5.76. The molecule has 112 valence electrons. The lowest BCUT2D eigenvalue weighted by Gasteiger charge is -2.24. The van der Waals surface area contributed by atoms with Crippen LogP contribution < -0.4 is 10.1 Å². The lowest BCUT2D eigenvalue weighted by atomic mass is 9.88. The van der Waals surface area contributed by atoms with Crippen molar-refractivity contribution < 1.29 is 14.6 Å². The second-order valence-corrected chi connectivity index (χ2v) is 5.95. The molecule has 2 N–H and O–H groups in total. The van der Waals surface area contributed by atoms with Crippen LogP contribution in [0.3, 0.4) is 0 Å². The van der Waals surface area contributed by atoms with Crippen molar-refractivity contribution in [2.75, 3.05) is 19.8 Å². The predicted octanol–water partition coefficient (Wildman–Crippen LogP) is 2.63. The van der Waals surface area contributed by atoms with E-state index >= 15 is 0 Å². The number of hydrogen-bond acceptors (Lipinski definition) is 3. The monoisotopic (exact) mass is 299 g/mol. The Labute approximate surface area is 125 Å². The average molecular weight is 300 g/mol. The number of benzene rings is 1. The van der Waals surface area contributed by atoms with Gasteiger partial charge in [0.25, 0.3) is 5.91 Å². The van der Waals surface area contributed by atoms with Crippen LogP contribution in [0.1, 0.15) is 26.7 Å². The van der Waals surface area contributed by atoms with E-state index in [2.05, 4.69) is 19.2 Å². The number of amides is 1. The molecule has 1 aromatic carbocycles. The maximum absolute atomic E-state index is 11.7. The van der Waals surface area contributed by atoms with E-state index in [1.54, 1.807) is 24.3 Å². The van der Waals surface area contributed by atoms with Gasteiger partial charge in [-0.3, -0.25) is 4.79 Å². The molecule has 20 heavy (non-hydrogen) atoms. The van der Waals surface area contributed by atoms with Crippen molar-refractivity contribution in [2.24, 2.45) is 5.41 Å². The number of aliphatic hydroxyl groups excluding tert-OH is 1. The number of hydrogen-bond donors (Lipinski definition) is 2. The van der Waals surface area contributed by atoms with Crippen LogP contribution in [0.5, 0.6) is 5.75 Å². The van der Waals surface area contributed by atoms with Crippen molar-refractivity contribution in [3.8, 4) is 5.75 Å². The molecule has 5 heteroatoms. The van der Waals surface area contributed by atoms with Gasteiger partial charge in [0, 0.05) is 18.2 Å². The lowest BCUT2D eigenvalue weighted by molar-refractivity contribution is -0.123. The first kappa shape index (κ1) is 16.8. The molecule has 0 aliphatic rings. The van der Waals surface area contributed by atoms with Gasteiger partial charge in [0.1, 0.15) is 5.75 Å². The van der Waals surface area contributed by atoms with Crippen LogP contribution >= 0.6 is 11.6 Å². The molecular weight excluding hydrogens is 278 g/mol. The van der Waals surface area contributed by atoms with Crippen LogP contribution in [0, 0.1) is 5.41 Å². The van der Waals surface area contributed by atoms with Crippen molar-refractivity contribution >= 4 is 17.5 Å². The minimum atomic E-state index is -0.156. The highest BCUT2D eigenvalue weighted by molar-refractivity contribution is 6.30. The van der Waals surface area contributed by atoms with Crippen LogP contribution in [0.2, 0.25) is 5.02 Å². The fraction of sp³-hybridized carbons (Fsp3) is 0.533. The van der Waals surface area contributed by atoms with E-state index in [4.69, 9.17) is 21.4 Å². The van der Waals surface area contributed by atoms with E-state index in [0.29, 0.717) is 17.3 Å². The highest BCUT2D eigenvalue weighted by Gasteiger charge is 2.18. The van der Waals surface area contributed by atoms with Crippen molar-refractivity contribution in [2.45, 2.75) is 26.7 Å². The van der Waals surface area contributed by atoms with Gasteiger partial charge in [-0.2, -0.15) is 0 Å². The van der Waals surface area contributed by atoms with Crippen LogP contribution in [0.15, 0.2) is 24.3 Å². The standard InChI is InChI=1S/C15H22ClNO3/c1-15(2,8-3-9-18)11-17-14(19)10-20-13-6-4-12(16)5-7-13/h4-7,18H,3,8-11H2,1-2H3,(H,17,19). The van der Waals surface area contributed by atoms with E-state index in [9.17, 15) is 4.79 Å². The normalized spacial score (nSPS) is 11.2. The van der Waals surface area contributed by atoms with E-state index < -0.39 is 0 Å². The summed E-state index contributed by atoms with van der Waals surface area (Å²) in [6.45, 7) is 4.84. The zero-order valence-corrected chi connectivity index (χ0v) is 12.7. The molecule has 0 unspecified atom stereocenters. The highest BCUT2D eigenvalue weighted by atomic mass is 35.5. The predicted molar refractivity (Wildman–Crippen MR) is 80.1 cm³/mol. The lowest BCUT2D eigenvalue weighted by Crippen LogP contribution is -2.36. The largest absolute Gasteiger partial charge is 0.484 e. The van der Waals surface area contributed by atoms with E-state index in [1.807, 2.05) is 0 Å². The Hall–Kier alpha value is -1.26. The van der Waals surface area contributed by atoms with Gasteiger partial charge in [0.2, 0.25) is 0 Å². The Morgan fingerprint density at radius 3 is 2.60 bits per heavy atom. The van der Waals surface area contributed by atoms with Crippen LogP contribution in [0.25, 0.3) is 0 Å². The van der Waals surface area contributed by atoms with Gasteiger partial charge in [-0.25, -0.2) is 0 Å². The molecule has 0 aromatic heterocycles.